The normalized spacial score (nSPS) is 11.3. The van der Waals surface area contributed by atoms with Gasteiger partial charge < -0.3 is 0 Å². The average Bonchev–Trinajstić information content (AvgIpc) is 2.88. The molecule has 0 bridgehead atoms. The number of aromatic amines is 1. The number of rotatable bonds is 3. The third-order valence-corrected chi connectivity index (χ3v) is 4.26. The van der Waals surface area contributed by atoms with Crippen LogP contribution in [-0.4, -0.2) is 21.1 Å². The molecule has 0 fully saturated rings. The molecule has 1 aromatic heterocycles. The summed E-state index contributed by atoms with van der Waals surface area (Å²) in [7, 11) is 0. The summed E-state index contributed by atoms with van der Waals surface area (Å²) in [5.41, 5.74) is 2.66. The van der Waals surface area contributed by atoms with Gasteiger partial charge in [0.2, 0.25) is 4.77 Å². The maximum Gasteiger partial charge on any atom is 0.216 e. The van der Waals surface area contributed by atoms with Crippen LogP contribution in [0.1, 0.15) is 11.1 Å². The van der Waals surface area contributed by atoms with E-state index in [1.807, 2.05) is 31.2 Å². The molecule has 2 aromatic carbocycles. The molecule has 0 aliphatic rings. The molecule has 0 saturated carbocycles. The van der Waals surface area contributed by atoms with Crippen molar-refractivity contribution in [1.82, 2.24) is 14.9 Å². The molecule has 0 aliphatic heterocycles. The van der Waals surface area contributed by atoms with E-state index in [-0.39, 0.29) is 0 Å². The molecule has 0 saturated heterocycles. The van der Waals surface area contributed by atoms with Gasteiger partial charge in [0.05, 0.1) is 16.3 Å². The lowest BCUT2D eigenvalue weighted by Crippen LogP contribution is -1.97. The Morgan fingerprint density at radius 1 is 1.13 bits per heavy atom. The van der Waals surface area contributed by atoms with Gasteiger partial charge in [-0.2, -0.15) is 14.9 Å². The molecule has 0 atom stereocenters. The molecule has 0 amide bonds. The number of aromatic nitrogens is 3. The maximum atomic E-state index is 6.16. The summed E-state index contributed by atoms with van der Waals surface area (Å²) in [4.78, 5) is 0. The number of hydrogen-bond donors (Lipinski definition) is 1. The lowest BCUT2D eigenvalue weighted by Gasteiger charge is -2.05. The molecule has 0 spiro atoms. The van der Waals surface area contributed by atoms with Crippen molar-refractivity contribution in [3.63, 3.8) is 0 Å². The average molecular weight is 363 g/mol. The van der Waals surface area contributed by atoms with E-state index in [1.54, 1.807) is 29.1 Å². The molecule has 0 aliphatic carbocycles. The van der Waals surface area contributed by atoms with Crippen molar-refractivity contribution >= 4 is 41.6 Å². The molecule has 1 N–H and O–H groups in total. The number of aryl methyl sites for hydroxylation is 1. The Bertz CT molecular complexity index is 923. The summed E-state index contributed by atoms with van der Waals surface area (Å²) in [6, 6.07) is 13.2. The summed E-state index contributed by atoms with van der Waals surface area (Å²) in [6.07, 6.45) is 1.58. The molecular formula is C16H12Cl2N4S. The van der Waals surface area contributed by atoms with Gasteiger partial charge in [0.15, 0.2) is 5.82 Å². The summed E-state index contributed by atoms with van der Waals surface area (Å²) in [5, 5.41) is 12.5. The van der Waals surface area contributed by atoms with E-state index in [0.29, 0.717) is 26.2 Å². The van der Waals surface area contributed by atoms with Gasteiger partial charge in [-0.3, -0.25) is 0 Å². The van der Waals surface area contributed by atoms with Crippen molar-refractivity contribution in [1.29, 1.82) is 0 Å². The van der Waals surface area contributed by atoms with Crippen molar-refractivity contribution in [2.45, 2.75) is 6.92 Å². The fourth-order valence-corrected chi connectivity index (χ4v) is 2.82. The predicted octanol–water partition coefficient (Wildman–Crippen LogP) is 5.11. The second-order valence-electron chi connectivity index (χ2n) is 4.86. The molecule has 0 unspecified atom stereocenters. The van der Waals surface area contributed by atoms with Crippen LogP contribution in [0.4, 0.5) is 0 Å². The molecule has 1 heterocycles. The summed E-state index contributed by atoms with van der Waals surface area (Å²) in [6.45, 7) is 2.01. The van der Waals surface area contributed by atoms with Crippen LogP contribution >= 0.6 is 35.4 Å². The SMILES string of the molecule is Cc1ccccc1-c1n[nH]c(=S)n1/N=C/c1c(Cl)cccc1Cl. The second kappa shape index (κ2) is 6.66. The van der Waals surface area contributed by atoms with Gasteiger partial charge in [0.1, 0.15) is 0 Å². The number of halogens is 2. The monoisotopic (exact) mass is 362 g/mol. The summed E-state index contributed by atoms with van der Waals surface area (Å²) >= 11 is 17.6. The third kappa shape index (κ3) is 3.22. The second-order valence-corrected chi connectivity index (χ2v) is 6.06. The highest BCUT2D eigenvalue weighted by atomic mass is 35.5. The maximum absolute atomic E-state index is 6.16. The van der Waals surface area contributed by atoms with Crippen molar-refractivity contribution in [2.24, 2.45) is 5.10 Å². The largest absolute Gasteiger partial charge is 0.250 e. The van der Waals surface area contributed by atoms with Gasteiger partial charge >= 0.3 is 0 Å². The zero-order valence-electron chi connectivity index (χ0n) is 12.1. The van der Waals surface area contributed by atoms with Gasteiger partial charge in [-0.25, -0.2) is 5.10 Å². The topological polar surface area (TPSA) is 46.0 Å². The van der Waals surface area contributed by atoms with Crippen molar-refractivity contribution in [3.05, 3.63) is 68.4 Å². The molecular weight excluding hydrogens is 351 g/mol. The van der Waals surface area contributed by atoms with Crippen LogP contribution in [0.5, 0.6) is 0 Å². The van der Waals surface area contributed by atoms with Crippen LogP contribution in [0.15, 0.2) is 47.6 Å². The van der Waals surface area contributed by atoms with E-state index in [4.69, 9.17) is 35.4 Å². The predicted molar refractivity (Wildman–Crippen MR) is 97.0 cm³/mol. The first-order valence-electron chi connectivity index (χ1n) is 6.79. The summed E-state index contributed by atoms with van der Waals surface area (Å²) < 4.78 is 1.94. The summed E-state index contributed by atoms with van der Waals surface area (Å²) in [5.74, 6) is 0.632. The van der Waals surface area contributed by atoms with Gasteiger partial charge in [-0.1, -0.05) is 53.5 Å². The van der Waals surface area contributed by atoms with Crippen LogP contribution < -0.4 is 0 Å². The quantitative estimate of drug-likeness (QED) is 0.520. The van der Waals surface area contributed by atoms with Crippen molar-refractivity contribution in [3.8, 4) is 11.4 Å². The minimum Gasteiger partial charge on any atom is -0.250 e. The molecule has 7 heteroatoms. The smallest absolute Gasteiger partial charge is 0.216 e. The highest BCUT2D eigenvalue weighted by Gasteiger charge is 2.10. The van der Waals surface area contributed by atoms with Crippen LogP contribution in [0.2, 0.25) is 10.0 Å². The van der Waals surface area contributed by atoms with Gasteiger partial charge in [-0.05, 0) is 36.8 Å². The lowest BCUT2D eigenvalue weighted by molar-refractivity contribution is 0.871. The van der Waals surface area contributed by atoms with Crippen molar-refractivity contribution in [2.75, 3.05) is 0 Å². The molecule has 0 radical (unpaired) electrons. The number of benzene rings is 2. The first-order chi connectivity index (χ1) is 11.1. The van der Waals surface area contributed by atoms with E-state index in [1.165, 1.54) is 0 Å². The Balaban J connectivity index is 2.09. The highest BCUT2D eigenvalue weighted by Crippen LogP contribution is 2.24. The zero-order valence-corrected chi connectivity index (χ0v) is 14.5. The first-order valence-corrected chi connectivity index (χ1v) is 7.96. The van der Waals surface area contributed by atoms with Crippen LogP contribution in [0, 0.1) is 11.7 Å². The standard InChI is InChI=1S/C16H12Cl2N4S/c1-10-5-2-3-6-11(10)15-20-21-16(23)22(15)19-9-12-13(17)7-4-8-14(12)18/h2-9H,1H3,(H,21,23)/b19-9+. The molecule has 23 heavy (non-hydrogen) atoms. The van der Waals surface area contributed by atoms with Crippen LogP contribution in [-0.2, 0) is 0 Å². The number of hydrogen-bond acceptors (Lipinski definition) is 3. The van der Waals surface area contributed by atoms with Gasteiger partial charge in [-0.15, -0.1) is 0 Å². The molecule has 4 nitrogen and oxygen atoms in total. The number of H-pyrrole nitrogens is 1. The minimum absolute atomic E-state index is 0.391. The Labute approximate surface area is 148 Å². The molecule has 116 valence electrons. The lowest BCUT2D eigenvalue weighted by atomic mass is 10.1. The number of nitrogens with zero attached hydrogens (tertiary/aromatic N) is 3. The molecule has 3 rings (SSSR count). The van der Waals surface area contributed by atoms with Gasteiger partial charge in [0, 0.05) is 11.1 Å². The van der Waals surface area contributed by atoms with E-state index in [9.17, 15) is 0 Å². The Morgan fingerprint density at radius 3 is 2.52 bits per heavy atom. The van der Waals surface area contributed by atoms with Crippen molar-refractivity contribution < 1.29 is 0 Å². The van der Waals surface area contributed by atoms with E-state index in [0.717, 1.165) is 11.1 Å². The van der Waals surface area contributed by atoms with E-state index in [2.05, 4.69) is 15.3 Å². The first kappa shape index (κ1) is 15.9. The van der Waals surface area contributed by atoms with Crippen LogP contribution in [0.25, 0.3) is 11.4 Å². The highest BCUT2D eigenvalue weighted by molar-refractivity contribution is 7.71. The van der Waals surface area contributed by atoms with Gasteiger partial charge in [0.25, 0.3) is 0 Å². The zero-order chi connectivity index (χ0) is 16.4. The fourth-order valence-electron chi connectivity index (χ4n) is 2.15. The Hall–Kier alpha value is -1.95. The Kier molecular flexibility index (Phi) is 4.61. The van der Waals surface area contributed by atoms with Crippen LogP contribution in [0.3, 0.4) is 0 Å². The third-order valence-electron chi connectivity index (χ3n) is 3.34. The Morgan fingerprint density at radius 2 is 1.83 bits per heavy atom. The van der Waals surface area contributed by atoms with E-state index < -0.39 is 0 Å². The minimum atomic E-state index is 0.391. The molecule has 3 aromatic rings. The number of nitrogens with one attached hydrogen (secondary N) is 1. The van der Waals surface area contributed by atoms with E-state index >= 15 is 0 Å². The fraction of sp³-hybridized carbons (Fsp3) is 0.0625.